The largest absolute Gasteiger partial charge is 0.301 e. The fourth-order valence-corrected chi connectivity index (χ4v) is 4.19. The molecule has 0 saturated carbocycles. The molecule has 0 amide bonds. The lowest BCUT2D eigenvalue weighted by atomic mass is 10.1. The zero-order valence-corrected chi connectivity index (χ0v) is 14.1. The summed E-state index contributed by atoms with van der Waals surface area (Å²) in [5, 5.41) is 0. The van der Waals surface area contributed by atoms with Crippen molar-refractivity contribution in [2.45, 2.75) is 39.0 Å². The number of rotatable bonds is 4. The minimum atomic E-state index is -3.44. The molecular weight excluding hydrogens is 340 g/mol. The number of hydrogen-bond acceptors (Lipinski definition) is 2. The van der Waals surface area contributed by atoms with Gasteiger partial charge in [0.25, 0.3) is 0 Å². The van der Waals surface area contributed by atoms with Gasteiger partial charge in [0.1, 0.15) is 0 Å². The maximum Gasteiger partial charge on any atom is 0.301 e. The van der Waals surface area contributed by atoms with Crippen LogP contribution in [0.1, 0.15) is 38.2 Å². The van der Waals surface area contributed by atoms with Gasteiger partial charge in [0, 0.05) is 17.6 Å². The summed E-state index contributed by atoms with van der Waals surface area (Å²) < 4.78 is 30.2. The van der Waals surface area contributed by atoms with Gasteiger partial charge in [-0.1, -0.05) is 35.7 Å². The Balaban J connectivity index is 2.19. The first kappa shape index (κ1) is 15.8. The number of anilines is 1. The second-order valence-electron chi connectivity index (χ2n) is 5.08. The molecule has 1 N–H and O–H groups in total. The van der Waals surface area contributed by atoms with E-state index in [4.69, 9.17) is 0 Å². The van der Waals surface area contributed by atoms with Crippen molar-refractivity contribution in [1.29, 1.82) is 0 Å². The van der Waals surface area contributed by atoms with Crippen molar-refractivity contribution < 1.29 is 8.42 Å². The van der Waals surface area contributed by atoms with Crippen molar-refractivity contribution in [1.82, 2.24) is 4.31 Å². The van der Waals surface area contributed by atoms with E-state index in [9.17, 15) is 8.42 Å². The number of hydrogen-bond donors (Lipinski definition) is 1. The van der Waals surface area contributed by atoms with Crippen LogP contribution in [0, 0.1) is 0 Å². The van der Waals surface area contributed by atoms with E-state index in [2.05, 4.69) is 20.7 Å². The van der Waals surface area contributed by atoms with Crippen LogP contribution in [0.25, 0.3) is 0 Å². The second-order valence-corrected chi connectivity index (χ2v) is 7.66. The summed E-state index contributed by atoms with van der Waals surface area (Å²) in [5.74, 6) is 0. The molecule has 1 fully saturated rings. The van der Waals surface area contributed by atoms with Gasteiger partial charge in [0.2, 0.25) is 0 Å². The monoisotopic (exact) mass is 360 g/mol. The predicted molar refractivity (Wildman–Crippen MR) is 86.1 cm³/mol. The predicted octanol–water partition coefficient (Wildman–Crippen LogP) is 3.54. The molecule has 1 aliphatic rings. The van der Waals surface area contributed by atoms with Gasteiger partial charge in [-0.15, -0.1) is 0 Å². The van der Waals surface area contributed by atoms with Crippen LogP contribution in [0.4, 0.5) is 5.69 Å². The Morgan fingerprint density at radius 1 is 1.20 bits per heavy atom. The van der Waals surface area contributed by atoms with Crippen molar-refractivity contribution in [3.63, 3.8) is 0 Å². The fourth-order valence-electron chi connectivity index (χ4n) is 2.44. The minimum absolute atomic E-state index is 0.618. The molecule has 1 aromatic rings. The van der Waals surface area contributed by atoms with Crippen LogP contribution < -0.4 is 4.72 Å². The summed E-state index contributed by atoms with van der Waals surface area (Å²) in [6.07, 6.45) is 4.91. The highest BCUT2D eigenvalue weighted by Gasteiger charge is 2.23. The summed E-state index contributed by atoms with van der Waals surface area (Å²) in [6.45, 7) is 3.26. The lowest BCUT2D eigenvalue weighted by Gasteiger charge is -2.22. The fraction of sp³-hybridized carbons (Fsp3) is 0.571. The molecular formula is C14H21BrN2O2S. The van der Waals surface area contributed by atoms with Crippen LogP contribution >= 0.6 is 15.9 Å². The summed E-state index contributed by atoms with van der Waals surface area (Å²) in [5.41, 5.74) is 1.68. The maximum absolute atomic E-state index is 12.5. The van der Waals surface area contributed by atoms with Crippen molar-refractivity contribution in [3.05, 3.63) is 28.2 Å². The van der Waals surface area contributed by atoms with Crippen LogP contribution in [0.2, 0.25) is 0 Å². The van der Waals surface area contributed by atoms with E-state index in [1.54, 1.807) is 4.31 Å². The Morgan fingerprint density at radius 3 is 2.45 bits per heavy atom. The molecule has 6 heteroatoms. The summed E-state index contributed by atoms with van der Waals surface area (Å²) >= 11 is 3.42. The SMILES string of the molecule is CCc1cc(Br)ccc1NS(=O)(=O)N1CCCCCC1. The Bertz CT molecular complexity index is 552. The summed E-state index contributed by atoms with van der Waals surface area (Å²) in [6, 6.07) is 5.64. The molecule has 0 atom stereocenters. The molecule has 1 aliphatic heterocycles. The normalized spacial score (nSPS) is 17.7. The lowest BCUT2D eigenvalue weighted by molar-refractivity contribution is 0.427. The molecule has 2 rings (SSSR count). The van der Waals surface area contributed by atoms with E-state index < -0.39 is 10.2 Å². The molecule has 0 radical (unpaired) electrons. The van der Waals surface area contributed by atoms with Crippen molar-refractivity contribution in [2.24, 2.45) is 0 Å². The van der Waals surface area contributed by atoms with E-state index >= 15 is 0 Å². The quantitative estimate of drug-likeness (QED) is 0.892. The van der Waals surface area contributed by atoms with E-state index in [1.165, 1.54) is 0 Å². The van der Waals surface area contributed by atoms with Crippen molar-refractivity contribution in [3.8, 4) is 0 Å². The molecule has 20 heavy (non-hydrogen) atoms. The molecule has 0 unspecified atom stereocenters. The maximum atomic E-state index is 12.5. The van der Waals surface area contributed by atoms with E-state index in [-0.39, 0.29) is 0 Å². The number of halogens is 1. The van der Waals surface area contributed by atoms with E-state index in [1.807, 2.05) is 25.1 Å². The molecule has 0 aliphatic carbocycles. The first-order chi connectivity index (χ1) is 9.53. The van der Waals surface area contributed by atoms with Crippen LogP contribution in [0.15, 0.2) is 22.7 Å². The molecule has 1 heterocycles. The van der Waals surface area contributed by atoms with Gasteiger partial charge in [-0.25, -0.2) is 0 Å². The first-order valence-electron chi connectivity index (χ1n) is 7.09. The minimum Gasteiger partial charge on any atom is -0.271 e. The van der Waals surface area contributed by atoms with Crippen molar-refractivity contribution in [2.75, 3.05) is 17.8 Å². The highest BCUT2D eigenvalue weighted by Crippen LogP contribution is 2.24. The average molecular weight is 361 g/mol. The Hall–Kier alpha value is -0.590. The number of benzene rings is 1. The summed E-state index contributed by atoms with van der Waals surface area (Å²) in [7, 11) is -3.44. The Kier molecular flexibility index (Phi) is 5.46. The van der Waals surface area contributed by atoms with E-state index in [0.717, 1.165) is 42.1 Å². The molecule has 4 nitrogen and oxygen atoms in total. The van der Waals surface area contributed by atoms with E-state index in [0.29, 0.717) is 18.8 Å². The van der Waals surface area contributed by atoms with Gasteiger partial charge in [-0.05, 0) is 43.0 Å². The third-order valence-corrected chi connectivity index (χ3v) is 5.61. The topological polar surface area (TPSA) is 49.4 Å². The highest BCUT2D eigenvalue weighted by molar-refractivity contribution is 9.10. The average Bonchev–Trinajstić information content (AvgIpc) is 2.70. The molecule has 112 valence electrons. The van der Waals surface area contributed by atoms with Crippen molar-refractivity contribution >= 4 is 31.8 Å². The van der Waals surface area contributed by atoms with Gasteiger partial charge in [-0.2, -0.15) is 12.7 Å². The lowest BCUT2D eigenvalue weighted by Crippen LogP contribution is -2.36. The molecule has 1 saturated heterocycles. The third-order valence-electron chi connectivity index (χ3n) is 3.59. The molecule has 0 aromatic heterocycles. The van der Waals surface area contributed by atoms with Crippen LogP contribution in [0.3, 0.4) is 0 Å². The first-order valence-corrected chi connectivity index (χ1v) is 9.32. The smallest absolute Gasteiger partial charge is 0.271 e. The standard InChI is InChI=1S/C14H21BrN2O2S/c1-2-12-11-13(15)7-8-14(12)16-20(18,19)17-9-5-3-4-6-10-17/h7-8,11,16H,2-6,9-10H2,1H3. The van der Waals surface area contributed by atoms with Gasteiger partial charge in [0.05, 0.1) is 5.69 Å². The number of aryl methyl sites for hydroxylation is 1. The van der Waals surface area contributed by atoms with Crippen LogP contribution in [-0.2, 0) is 16.6 Å². The zero-order chi connectivity index (χ0) is 14.6. The zero-order valence-electron chi connectivity index (χ0n) is 11.7. The highest BCUT2D eigenvalue weighted by atomic mass is 79.9. The van der Waals surface area contributed by atoms with Gasteiger partial charge in [0.15, 0.2) is 0 Å². The molecule has 1 aromatic carbocycles. The van der Waals surface area contributed by atoms with Crippen LogP contribution in [0.5, 0.6) is 0 Å². The summed E-state index contributed by atoms with van der Waals surface area (Å²) in [4.78, 5) is 0. The molecule has 0 bridgehead atoms. The molecule has 0 spiro atoms. The number of nitrogens with zero attached hydrogens (tertiary/aromatic N) is 1. The van der Waals surface area contributed by atoms with Gasteiger partial charge < -0.3 is 0 Å². The Morgan fingerprint density at radius 2 is 1.85 bits per heavy atom. The third kappa shape index (κ3) is 3.96. The van der Waals surface area contributed by atoms with Gasteiger partial charge >= 0.3 is 10.2 Å². The second kappa shape index (κ2) is 6.91. The number of nitrogens with one attached hydrogen (secondary N) is 1. The van der Waals surface area contributed by atoms with Crippen LogP contribution in [-0.4, -0.2) is 25.8 Å². The van der Waals surface area contributed by atoms with Gasteiger partial charge in [-0.3, -0.25) is 4.72 Å². The Labute approximate surface area is 129 Å².